The van der Waals surface area contributed by atoms with Gasteiger partial charge in [0.05, 0.1) is 17.2 Å². The summed E-state index contributed by atoms with van der Waals surface area (Å²) in [5, 5.41) is 13.1. The van der Waals surface area contributed by atoms with Gasteiger partial charge in [0.25, 0.3) is 11.8 Å². The average molecular weight is 392 g/mol. The van der Waals surface area contributed by atoms with Gasteiger partial charge in [-0.2, -0.15) is 5.26 Å². The number of aromatic nitrogens is 1. The van der Waals surface area contributed by atoms with Crippen LogP contribution in [0.3, 0.4) is 0 Å². The molecule has 1 aromatic carbocycles. The molecule has 4 rings (SSSR count). The number of piperidine rings is 2. The van der Waals surface area contributed by atoms with Crippen molar-refractivity contribution in [2.45, 2.75) is 38.5 Å². The summed E-state index contributed by atoms with van der Waals surface area (Å²) >= 11 is 0. The highest BCUT2D eigenvalue weighted by Crippen LogP contribution is 2.31. The Morgan fingerprint density at radius 1 is 0.862 bits per heavy atom. The highest BCUT2D eigenvalue weighted by Gasteiger charge is 2.33. The molecule has 0 aliphatic carbocycles. The summed E-state index contributed by atoms with van der Waals surface area (Å²) in [7, 11) is 0. The zero-order valence-electron chi connectivity index (χ0n) is 16.4. The molecule has 0 unspecified atom stereocenters. The van der Waals surface area contributed by atoms with Gasteiger partial charge in [-0.05, 0) is 56.2 Å². The van der Waals surface area contributed by atoms with Gasteiger partial charge in [0.2, 0.25) is 5.76 Å². The van der Waals surface area contributed by atoms with Crippen LogP contribution in [0.5, 0.6) is 0 Å². The minimum absolute atomic E-state index is 0.108. The molecule has 2 saturated heterocycles. The molecular formula is C22H24N4O3. The topological polar surface area (TPSA) is 90.4 Å². The fraction of sp³-hybridized carbons (Fsp3) is 0.455. The maximum atomic E-state index is 13.2. The van der Waals surface area contributed by atoms with Crippen LogP contribution in [0.2, 0.25) is 0 Å². The summed E-state index contributed by atoms with van der Waals surface area (Å²) in [6, 6.07) is 8.92. The SMILES string of the molecule is N#Cc1ccc(-c2c(C(=O)N3CCCCC3)noc2C(=O)N2CCCCC2)cc1. The number of carbonyl (C=O) groups is 2. The number of carbonyl (C=O) groups excluding carboxylic acids is 2. The van der Waals surface area contributed by atoms with E-state index in [4.69, 9.17) is 9.78 Å². The largest absolute Gasteiger partial charge is 0.350 e. The Morgan fingerprint density at radius 2 is 1.41 bits per heavy atom. The van der Waals surface area contributed by atoms with E-state index in [0.29, 0.717) is 42.9 Å². The average Bonchev–Trinajstić information content (AvgIpc) is 3.24. The maximum absolute atomic E-state index is 13.2. The van der Waals surface area contributed by atoms with E-state index in [1.54, 1.807) is 34.1 Å². The lowest BCUT2D eigenvalue weighted by Crippen LogP contribution is -2.36. The lowest BCUT2D eigenvalue weighted by molar-refractivity contribution is 0.0675. The Kier molecular flexibility index (Phi) is 5.61. The summed E-state index contributed by atoms with van der Waals surface area (Å²) in [4.78, 5) is 29.9. The Bertz CT molecular complexity index is 882. The van der Waals surface area contributed by atoms with Crippen molar-refractivity contribution in [3.8, 4) is 17.2 Å². The molecule has 0 bridgehead atoms. The molecule has 0 spiro atoms. The van der Waals surface area contributed by atoms with Crippen LogP contribution in [0.15, 0.2) is 28.8 Å². The van der Waals surface area contributed by atoms with E-state index < -0.39 is 0 Å². The number of likely N-dealkylation sites (tertiary alicyclic amines) is 2. The van der Waals surface area contributed by atoms with Gasteiger partial charge in [0.15, 0.2) is 5.69 Å². The molecule has 29 heavy (non-hydrogen) atoms. The molecule has 2 aliphatic rings. The van der Waals surface area contributed by atoms with Crippen LogP contribution in [0.25, 0.3) is 11.1 Å². The standard InChI is InChI=1S/C22H24N4O3/c23-15-16-7-9-17(10-8-16)18-19(21(27)25-11-3-1-4-12-25)24-29-20(18)22(28)26-13-5-2-6-14-26/h7-10H,1-6,11-14H2. The van der Waals surface area contributed by atoms with Crippen LogP contribution in [0.1, 0.15) is 65.1 Å². The minimum Gasteiger partial charge on any atom is -0.350 e. The molecule has 150 valence electrons. The van der Waals surface area contributed by atoms with Gasteiger partial charge in [-0.15, -0.1) is 0 Å². The Morgan fingerprint density at radius 3 is 1.97 bits per heavy atom. The van der Waals surface area contributed by atoms with Gasteiger partial charge in [0.1, 0.15) is 0 Å². The summed E-state index contributed by atoms with van der Waals surface area (Å²) in [6.07, 6.45) is 6.09. The predicted octanol–water partition coefficient (Wildman–Crippen LogP) is 3.47. The summed E-state index contributed by atoms with van der Waals surface area (Å²) in [6.45, 7) is 2.74. The third kappa shape index (κ3) is 3.88. The fourth-order valence-corrected chi connectivity index (χ4v) is 4.05. The molecule has 7 heteroatoms. The van der Waals surface area contributed by atoms with Gasteiger partial charge >= 0.3 is 0 Å². The van der Waals surface area contributed by atoms with E-state index in [1.165, 1.54) is 0 Å². The molecule has 7 nitrogen and oxygen atoms in total. The molecule has 3 heterocycles. The summed E-state index contributed by atoms with van der Waals surface area (Å²) in [5.74, 6) is -0.322. The van der Waals surface area contributed by atoms with E-state index in [0.717, 1.165) is 38.5 Å². The first kappa shape index (κ1) is 19.2. The first-order chi connectivity index (χ1) is 14.2. The van der Waals surface area contributed by atoms with Crippen molar-refractivity contribution in [3.05, 3.63) is 41.3 Å². The lowest BCUT2D eigenvalue weighted by atomic mass is 9.99. The van der Waals surface area contributed by atoms with Crippen LogP contribution < -0.4 is 0 Å². The Hall–Kier alpha value is -3.14. The van der Waals surface area contributed by atoms with E-state index in [9.17, 15) is 9.59 Å². The number of nitriles is 1. The van der Waals surface area contributed by atoms with Crippen LogP contribution in [0.4, 0.5) is 0 Å². The van der Waals surface area contributed by atoms with Gasteiger partial charge in [-0.3, -0.25) is 9.59 Å². The highest BCUT2D eigenvalue weighted by molar-refractivity contribution is 6.06. The third-order valence-corrected chi connectivity index (χ3v) is 5.68. The number of nitrogens with zero attached hydrogens (tertiary/aromatic N) is 4. The molecule has 2 amide bonds. The second-order valence-corrected chi connectivity index (χ2v) is 7.63. The fourth-order valence-electron chi connectivity index (χ4n) is 4.05. The molecule has 2 aromatic rings. The zero-order chi connectivity index (χ0) is 20.2. The number of rotatable bonds is 3. The second-order valence-electron chi connectivity index (χ2n) is 7.63. The Balaban J connectivity index is 1.74. The van der Waals surface area contributed by atoms with Gasteiger partial charge in [0, 0.05) is 26.2 Å². The van der Waals surface area contributed by atoms with Crippen molar-refractivity contribution in [1.82, 2.24) is 15.0 Å². The van der Waals surface area contributed by atoms with Gasteiger partial charge in [-0.25, -0.2) is 0 Å². The smallest absolute Gasteiger partial charge is 0.293 e. The second kappa shape index (κ2) is 8.48. The minimum atomic E-state index is -0.228. The molecule has 0 atom stereocenters. The predicted molar refractivity (Wildman–Crippen MR) is 106 cm³/mol. The van der Waals surface area contributed by atoms with Crippen LogP contribution in [0, 0.1) is 11.3 Å². The third-order valence-electron chi connectivity index (χ3n) is 5.68. The number of hydrogen-bond acceptors (Lipinski definition) is 5. The van der Waals surface area contributed by atoms with Gasteiger partial charge in [-0.1, -0.05) is 17.3 Å². The van der Waals surface area contributed by atoms with Crippen molar-refractivity contribution in [2.75, 3.05) is 26.2 Å². The maximum Gasteiger partial charge on any atom is 0.293 e. The van der Waals surface area contributed by atoms with E-state index >= 15 is 0 Å². The van der Waals surface area contributed by atoms with E-state index in [-0.39, 0.29) is 23.3 Å². The lowest BCUT2D eigenvalue weighted by Gasteiger charge is -2.26. The number of benzene rings is 1. The van der Waals surface area contributed by atoms with Crippen LogP contribution in [-0.2, 0) is 0 Å². The quantitative estimate of drug-likeness (QED) is 0.798. The number of amides is 2. The van der Waals surface area contributed by atoms with E-state index in [1.807, 2.05) is 0 Å². The number of hydrogen-bond donors (Lipinski definition) is 0. The molecule has 2 aliphatic heterocycles. The normalized spacial score (nSPS) is 17.1. The zero-order valence-corrected chi connectivity index (χ0v) is 16.4. The van der Waals surface area contributed by atoms with Crippen molar-refractivity contribution < 1.29 is 14.1 Å². The van der Waals surface area contributed by atoms with E-state index in [2.05, 4.69) is 11.2 Å². The molecule has 1 aromatic heterocycles. The summed E-state index contributed by atoms with van der Waals surface area (Å²) in [5.41, 5.74) is 1.78. The summed E-state index contributed by atoms with van der Waals surface area (Å²) < 4.78 is 5.48. The van der Waals surface area contributed by atoms with Crippen molar-refractivity contribution >= 4 is 11.8 Å². The van der Waals surface area contributed by atoms with Crippen molar-refractivity contribution in [1.29, 1.82) is 5.26 Å². The van der Waals surface area contributed by atoms with Crippen LogP contribution in [-0.4, -0.2) is 52.9 Å². The monoisotopic (exact) mass is 392 g/mol. The van der Waals surface area contributed by atoms with Crippen molar-refractivity contribution in [3.63, 3.8) is 0 Å². The van der Waals surface area contributed by atoms with Crippen molar-refractivity contribution in [2.24, 2.45) is 0 Å². The van der Waals surface area contributed by atoms with Gasteiger partial charge < -0.3 is 14.3 Å². The van der Waals surface area contributed by atoms with Crippen LogP contribution >= 0.6 is 0 Å². The molecule has 0 N–H and O–H groups in total. The first-order valence-electron chi connectivity index (χ1n) is 10.3. The molecule has 2 fully saturated rings. The molecule has 0 radical (unpaired) electrons. The Labute approximate surface area is 169 Å². The molecular weight excluding hydrogens is 368 g/mol. The highest BCUT2D eigenvalue weighted by atomic mass is 16.5. The first-order valence-corrected chi connectivity index (χ1v) is 10.3. The molecule has 0 saturated carbocycles.